The first kappa shape index (κ1) is 12.6. The molecule has 1 heteroatoms. The van der Waals surface area contributed by atoms with E-state index in [1.165, 1.54) is 24.0 Å². The van der Waals surface area contributed by atoms with E-state index in [1.54, 1.807) is 0 Å². The highest BCUT2D eigenvalue weighted by Gasteiger charge is 2.43. The smallest absolute Gasteiger partial charge is 0.139 e. The van der Waals surface area contributed by atoms with Gasteiger partial charge in [-0.05, 0) is 51.4 Å². The molecule has 0 saturated heterocycles. The van der Waals surface area contributed by atoms with Crippen LogP contribution >= 0.6 is 0 Å². The molecule has 1 fully saturated rings. The van der Waals surface area contributed by atoms with E-state index in [-0.39, 0.29) is 5.41 Å². The van der Waals surface area contributed by atoms with Crippen LogP contribution < -0.4 is 0 Å². The first-order valence-electron chi connectivity index (χ1n) is 6.88. The Morgan fingerprint density at radius 1 is 1.53 bits per heavy atom. The Morgan fingerprint density at radius 2 is 2.24 bits per heavy atom. The van der Waals surface area contributed by atoms with Crippen molar-refractivity contribution in [1.82, 2.24) is 0 Å². The van der Waals surface area contributed by atoms with Gasteiger partial charge in [-0.1, -0.05) is 30.7 Å². The highest BCUT2D eigenvalue weighted by atomic mass is 16.1. The molecule has 94 valence electrons. The molecule has 17 heavy (non-hydrogen) atoms. The Hall–Kier alpha value is -0.850. The van der Waals surface area contributed by atoms with Gasteiger partial charge in [0, 0.05) is 11.8 Å². The maximum atomic E-state index is 11.9. The van der Waals surface area contributed by atoms with Gasteiger partial charge in [0.15, 0.2) is 0 Å². The van der Waals surface area contributed by atoms with Crippen molar-refractivity contribution in [3.63, 3.8) is 0 Å². The second-order valence-corrected chi connectivity index (χ2v) is 6.16. The molecule has 1 unspecified atom stereocenters. The Morgan fingerprint density at radius 3 is 2.71 bits per heavy atom. The third-order valence-electron chi connectivity index (χ3n) is 4.55. The molecule has 2 rings (SSSR count). The summed E-state index contributed by atoms with van der Waals surface area (Å²) >= 11 is 0. The van der Waals surface area contributed by atoms with Crippen molar-refractivity contribution in [3.05, 3.63) is 23.8 Å². The van der Waals surface area contributed by atoms with Crippen LogP contribution in [-0.2, 0) is 4.79 Å². The third kappa shape index (κ3) is 3.08. The van der Waals surface area contributed by atoms with Gasteiger partial charge in [-0.2, -0.15) is 0 Å². The zero-order valence-corrected chi connectivity index (χ0v) is 11.2. The Balaban J connectivity index is 1.77. The van der Waals surface area contributed by atoms with E-state index in [0.29, 0.717) is 11.7 Å². The van der Waals surface area contributed by atoms with Crippen LogP contribution in [0.3, 0.4) is 0 Å². The lowest BCUT2D eigenvalue weighted by atomic mass is 9.83. The van der Waals surface area contributed by atoms with Gasteiger partial charge in [0.05, 0.1) is 0 Å². The van der Waals surface area contributed by atoms with Gasteiger partial charge >= 0.3 is 0 Å². The van der Waals surface area contributed by atoms with Gasteiger partial charge < -0.3 is 0 Å². The monoisotopic (exact) mass is 232 g/mol. The van der Waals surface area contributed by atoms with Gasteiger partial charge in [0.2, 0.25) is 0 Å². The van der Waals surface area contributed by atoms with Crippen molar-refractivity contribution in [2.45, 2.75) is 58.8 Å². The van der Waals surface area contributed by atoms with Crippen molar-refractivity contribution < 1.29 is 4.79 Å². The summed E-state index contributed by atoms with van der Waals surface area (Å²) < 4.78 is 0. The standard InChI is InChI=1S/C16H24O/c1-12(2)14-7-4-13(5-8-14)6-9-15(17)16(3)10-11-16/h4,14H,1,5-11H2,2-3H3. The minimum absolute atomic E-state index is 0.0649. The van der Waals surface area contributed by atoms with E-state index in [9.17, 15) is 4.79 Å². The SMILES string of the molecule is C=C(C)C1CC=C(CCC(=O)C2(C)CC2)CC1. The fraction of sp³-hybridized carbons (Fsp3) is 0.688. The van der Waals surface area contributed by atoms with Crippen molar-refractivity contribution >= 4 is 5.78 Å². The third-order valence-corrected chi connectivity index (χ3v) is 4.55. The summed E-state index contributed by atoms with van der Waals surface area (Å²) in [5.41, 5.74) is 2.87. The first-order valence-corrected chi connectivity index (χ1v) is 6.88. The van der Waals surface area contributed by atoms with Crippen molar-refractivity contribution in [1.29, 1.82) is 0 Å². The summed E-state index contributed by atoms with van der Waals surface area (Å²) in [7, 11) is 0. The van der Waals surface area contributed by atoms with Crippen LogP contribution in [0, 0.1) is 11.3 Å². The molecule has 0 spiro atoms. The van der Waals surface area contributed by atoms with Crippen molar-refractivity contribution in [3.8, 4) is 0 Å². The largest absolute Gasteiger partial charge is 0.299 e. The number of hydrogen-bond donors (Lipinski definition) is 0. The lowest BCUT2D eigenvalue weighted by Gasteiger charge is -2.22. The second-order valence-electron chi connectivity index (χ2n) is 6.16. The van der Waals surface area contributed by atoms with Gasteiger partial charge in [-0.15, -0.1) is 0 Å². The first-order chi connectivity index (χ1) is 8.01. The zero-order chi connectivity index (χ0) is 12.5. The number of ketones is 1. The maximum Gasteiger partial charge on any atom is 0.139 e. The van der Waals surface area contributed by atoms with Gasteiger partial charge in [-0.3, -0.25) is 4.79 Å². The van der Waals surface area contributed by atoms with Crippen LogP contribution in [0.1, 0.15) is 58.8 Å². The van der Waals surface area contributed by atoms with Crippen LogP contribution in [0.4, 0.5) is 0 Å². The summed E-state index contributed by atoms with van der Waals surface area (Å²) in [4.78, 5) is 11.9. The van der Waals surface area contributed by atoms with E-state index < -0.39 is 0 Å². The zero-order valence-electron chi connectivity index (χ0n) is 11.2. The molecule has 0 heterocycles. The molecule has 2 aliphatic carbocycles. The molecule has 0 radical (unpaired) electrons. The summed E-state index contributed by atoms with van der Waals surface area (Å²) in [5, 5.41) is 0. The van der Waals surface area contributed by atoms with Crippen LogP contribution in [-0.4, -0.2) is 5.78 Å². The number of rotatable bonds is 5. The van der Waals surface area contributed by atoms with E-state index >= 15 is 0 Å². The molecule has 1 nitrogen and oxygen atoms in total. The molecular weight excluding hydrogens is 208 g/mol. The number of Topliss-reactive ketones (excluding diaryl/α,β-unsaturated/α-hetero) is 1. The second kappa shape index (κ2) is 4.80. The summed E-state index contributed by atoms with van der Waals surface area (Å²) in [6, 6.07) is 0. The minimum Gasteiger partial charge on any atom is -0.299 e. The van der Waals surface area contributed by atoms with Crippen LogP contribution in [0.2, 0.25) is 0 Å². The van der Waals surface area contributed by atoms with Gasteiger partial charge in [0.25, 0.3) is 0 Å². The fourth-order valence-electron chi connectivity index (χ4n) is 2.61. The topological polar surface area (TPSA) is 17.1 Å². The molecule has 0 amide bonds. The average Bonchev–Trinajstić information content (AvgIpc) is 3.06. The number of allylic oxidation sites excluding steroid dienone is 3. The van der Waals surface area contributed by atoms with Gasteiger partial charge in [-0.25, -0.2) is 0 Å². The Kier molecular flexibility index (Phi) is 3.56. The normalized spacial score (nSPS) is 26.2. The number of carbonyl (C=O) groups excluding carboxylic acids is 1. The van der Waals surface area contributed by atoms with Gasteiger partial charge in [0.1, 0.15) is 5.78 Å². The average molecular weight is 232 g/mol. The molecule has 2 aliphatic rings. The molecule has 0 aliphatic heterocycles. The Labute approximate surface area is 105 Å². The molecule has 0 aromatic rings. The van der Waals surface area contributed by atoms with E-state index in [4.69, 9.17) is 0 Å². The minimum atomic E-state index is 0.0649. The van der Waals surface area contributed by atoms with E-state index in [1.807, 2.05) is 0 Å². The van der Waals surface area contributed by atoms with E-state index in [0.717, 1.165) is 32.1 Å². The fourth-order valence-corrected chi connectivity index (χ4v) is 2.61. The van der Waals surface area contributed by atoms with Crippen molar-refractivity contribution in [2.24, 2.45) is 11.3 Å². The Bertz CT molecular complexity index is 358. The number of hydrogen-bond acceptors (Lipinski definition) is 1. The highest BCUT2D eigenvalue weighted by molar-refractivity contribution is 5.87. The van der Waals surface area contributed by atoms with Crippen LogP contribution in [0.5, 0.6) is 0 Å². The molecular formula is C16H24O. The van der Waals surface area contributed by atoms with Crippen LogP contribution in [0.15, 0.2) is 23.8 Å². The summed E-state index contributed by atoms with van der Waals surface area (Å²) in [6.07, 6.45) is 9.87. The molecule has 0 aromatic carbocycles. The molecule has 1 atom stereocenters. The highest BCUT2D eigenvalue weighted by Crippen LogP contribution is 2.47. The lowest BCUT2D eigenvalue weighted by molar-refractivity contribution is -0.123. The molecule has 0 N–H and O–H groups in total. The molecule has 1 saturated carbocycles. The quantitative estimate of drug-likeness (QED) is 0.640. The van der Waals surface area contributed by atoms with Crippen LogP contribution in [0.25, 0.3) is 0 Å². The molecule has 0 aromatic heterocycles. The van der Waals surface area contributed by atoms with Crippen molar-refractivity contribution in [2.75, 3.05) is 0 Å². The predicted molar refractivity (Wildman–Crippen MR) is 71.8 cm³/mol. The number of carbonyl (C=O) groups is 1. The molecule has 0 bridgehead atoms. The summed E-state index contributed by atoms with van der Waals surface area (Å²) in [6.45, 7) is 8.27. The maximum absolute atomic E-state index is 11.9. The summed E-state index contributed by atoms with van der Waals surface area (Å²) in [5.74, 6) is 1.16. The van der Waals surface area contributed by atoms with E-state index in [2.05, 4.69) is 26.5 Å². The predicted octanol–water partition coefficient (Wildman–Crippen LogP) is 4.44. The lowest BCUT2D eigenvalue weighted by Crippen LogP contribution is -2.12.